The molecule has 0 atom stereocenters. The fourth-order valence-electron chi connectivity index (χ4n) is 2.71. The van der Waals surface area contributed by atoms with E-state index < -0.39 is 0 Å². The molecule has 0 unspecified atom stereocenters. The van der Waals surface area contributed by atoms with Gasteiger partial charge in [-0.15, -0.1) is 0 Å². The van der Waals surface area contributed by atoms with Crippen LogP contribution >= 0.6 is 0 Å². The van der Waals surface area contributed by atoms with E-state index in [9.17, 15) is 0 Å². The molecule has 4 heteroatoms. The van der Waals surface area contributed by atoms with Crippen LogP contribution in [0.15, 0.2) is 41.1 Å². The van der Waals surface area contributed by atoms with Crippen LogP contribution in [0.3, 0.4) is 0 Å². The Morgan fingerprint density at radius 2 is 2.19 bits per heavy atom. The van der Waals surface area contributed by atoms with Gasteiger partial charge in [-0.3, -0.25) is 0 Å². The highest BCUT2D eigenvalue weighted by molar-refractivity contribution is 5.81. The summed E-state index contributed by atoms with van der Waals surface area (Å²) in [7, 11) is 0. The lowest BCUT2D eigenvalue weighted by Gasteiger charge is -2.05. The van der Waals surface area contributed by atoms with Crippen molar-refractivity contribution in [3.05, 3.63) is 53.5 Å². The van der Waals surface area contributed by atoms with Gasteiger partial charge in [0.2, 0.25) is 0 Å². The molecule has 0 amide bonds. The molecular formula is C17H19N3O. The number of benzene rings is 1. The van der Waals surface area contributed by atoms with Gasteiger partial charge in [-0.2, -0.15) is 0 Å². The Kier molecular flexibility index (Phi) is 3.04. The number of aromatic nitrogens is 2. The van der Waals surface area contributed by atoms with E-state index >= 15 is 0 Å². The molecule has 4 rings (SSSR count). The van der Waals surface area contributed by atoms with Crippen LogP contribution in [-0.2, 0) is 13.1 Å². The zero-order chi connectivity index (χ0) is 14.2. The largest absolute Gasteiger partial charge is 0.359 e. The standard InChI is InChI=1S/C17H19N3O/c1-12-8-16(21-19-12)11-20-7-6-14-9-13(2-5-17(14)20)10-18-15-3-4-15/h2,5-9,15,18H,3-4,10-11H2,1H3. The molecule has 21 heavy (non-hydrogen) atoms. The number of rotatable bonds is 5. The number of hydrogen-bond donors (Lipinski definition) is 1. The minimum atomic E-state index is 0.726. The highest BCUT2D eigenvalue weighted by atomic mass is 16.5. The summed E-state index contributed by atoms with van der Waals surface area (Å²) < 4.78 is 7.50. The van der Waals surface area contributed by atoms with Crippen molar-refractivity contribution < 1.29 is 4.52 Å². The van der Waals surface area contributed by atoms with E-state index in [1.54, 1.807) is 0 Å². The topological polar surface area (TPSA) is 43.0 Å². The Bertz CT molecular complexity index is 767. The Morgan fingerprint density at radius 3 is 2.95 bits per heavy atom. The second-order valence-electron chi connectivity index (χ2n) is 5.93. The van der Waals surface area contributed by atoms with Crippen molar-refractivity contribution in [3.63, 3.8) is 0 Å². The van der Waals surface area contributed by atoms with E-state index in [4.69, 9.17) is 4.52 Å². The number of aryl methyl sites for hydroxylation is 1. The fraction of sp³-hybridized carbons (Fsp3) is 0.353. The molecule has 1 aliphatic carbocycles. The maximum absolute atomic E-state index is 5.30. The first kappa shape index (κ1) is 12.7. The maximum atomic E-state index is 5.30. The van der Waals surface area contributed by atoms with Gasteiger partial charge in [-0.1, -0.05) is 11.2 Å². The molecule has 1 aliphatic rings. The van der Waals surface area contributed by atoms with Gasteiger partial charge in [0.25, 0.3) is 0 Å². The molecular weight excluding hydrogens is 262 g/mol. The average Bonchev–Trinajstić information content (AvgIpc) is 3.11. The predicted octanol–water partition coefficient (Wildman–Crippen LogP) is 3.24. The molecule has 108 valence electrons. The normalized spacial score (nSPS) is 14.9. The third kappa shape index (κ3) is 2.72. The SMILES string of the molecule is Cc1cc(Cn2ccc3cc(CNC4CC4)ccc32)on1. The van der Waals surface area contributed by atoms with Crippen LogP contribution in [0.25, 0.3) is 10.9 Å². The van der Waals surface area contributed by atoms with Crippen molar-refractivity contribution in [1.29, 1.82) is 0 Å². The van der Waals surface area contributed by atoms with Gasteiger partial charge in [0, 0.05) is 30.4 Å². The maximum Gasteiger partial charge on any atom is 0.156 e. The van der Waals surface area contributed by atoms with Gasteiger partial charge in [0.15, 0.2) is 5.76 Å². The molecule has 0 spiro atoms. The molecule has 4 nitrogen and oxygen atoms in total. The zero-order valence-corrected chi connectivity index (χ0v) is 12.2. The monoisotopic (exact) mass is 281 g/mol. The highest BCUT2D eigenvalue weighted by Crippen LogP contribution is 2.22. The quantitative estimate of drug-likeness (QED) is 0.780. The molecule has 1 aromatic carbocycles. The molecule has 0 radical (unpaired) electrons. The minimum Gasteiger partial charge on any atom is -0.359 e. The molecule has 0 bridgehead atoms. The van der Waals surface area contributed by atoms with Gasteiger partial charge < -0.3 is 14.4 Å². The van der Waals surface area contributed by atoms with Crippen LogP contribution in [0.1, 0.15) is 29.9 Å². The third-order valence-corrected chi connectivity index (χ3v) is 4.01. The Hall–Kier alpha value is -2.07. The van der Waals surface area contributed by atoms with Crippen molar-refractivity contribution in [2.24, 2.45) is 0 Å². The van der Waals surface area contributed by atoms with Crippen LogP contribution < -0.4 is 5.32 Å². The second kappa shape index (κ2) is 5.04. The summed E-state index contributed by atoms with van der Waals surface area (Å²) in [5, 5.41) is 8.78. The number of nitrogens with one attached hydrogen (secondary N) is 1. The van der Waals surface area contributed by atoms with Crippen LogP contribution in [0.2, 0.25) is 0 Å². The smallest absolute Gasteiger partial charge is 0.156 e. The Morgan fingerprint density at radius 1 is 1.29 bits per heavy atom. The fourth-order valence-corrected chi connectivity index (χ4v) is 2.71. The van der Waals surface area contributed by atoms with Gasteiger partial charge in [0.1, 0.15) is 0 Å². The van der Waals surface area contributed by atoms with E-state index in [2.05, 4.69) is 45.5 Å². The van der Waals surface area contributed by atoms with Crippen LogP contribution in [0.5, 0.6) is 0 Å². The van der Waals surface area contributed by atoms with E-state index in [-0.39, 0.29) is 0 Å². The molecule has 1 saturated carbocycles. The van der Waals surface area contributed by atoms with Crippen LogP contribution in [-0.4, -0.2) is 15.8 Å². The first-order chi connectivity index (χ1) is 10.3. The van der Waals surface area contributed by atoms with Crippen molar-refractivity contribution >= 4 is 10.9 Å². The highest BCUT2D eigenvalue weighted by Gasteiger charge is 2.19. The molecule has 0 saturated heterocycles. The Balaban J connectivity index is 1.56. The van der Waals surface area contributed by atoms with E-state index in [1.165, 1.54) is 29.3 Å². The number of hydrogen-bond acceptors (Lipinski definition) is 3. The Labute approximate surface area is 123 Å². The van der Waals surface area contributed by atoms with Gasteiger partial charge in [-0.25, -0.2) is 0 Å². The lowest BCUT2D eigenvalue weighted by atomic mass is 10.1. The average molecular weight is 281 g/mol. The van der Waals surface area contributed by atoms with Gasteiger partial charge in [0.05, 0.1) is 12.2 Å². The van der Waals surface area contributed by atoms with E-state index in [1.807, 2.05) is 13.0 Å². The lowest BCUT2D eigenvalue weighted by molar-refractivity contribution is 0.374. The molecule has 2 aromatic heterocycles. The first-order valence-corrected chi connectivity index (χ1v) is 7.51. The summed E-state index contributed by atoms with van der Waals surface area (Å²) in [5.41, 5.74) is 3.51. The molecule has 2 heterocycles. The third-order valence-electron chi connectivity index (χ3n) is 4.01. The lowest BCUT2D eigenvalue weighted by Crippen LogP contribution is -2.15. The van der Waals surface area contributed by atoms with Crippen LogP contribution in [0.4, 0.5) is 0 Å². The van der Waals surface area contributed by atoms with Gasteiger partial charge >= 0.3 is 0 Å². The molecule has 1 fully saturated rings. The second-order valence-corrected chi connectivity index (χ2v) is 5.93. The van der Waals surface area contributed by atoms with Crippen molar-refractivity contribution in [2.45, 2.75) is 38.9 Å². The van der Waals surface area contributed by atoms with Crippen molar-refractivity contribution in [2.75, 3.05) is 0 Å². The van der Waals surface area contributed by atoms with Gasteiger partial charge in [-0.05, 0) is 48.9 Å². The minimum absolute atomic E-state index is 0.726. The zero-order valence-electron chi connectivity index (χ0n) is 12.2. The summed E-state index contributed by atoms with van der Waals surface area (Å²) >= 11 is 0. The first-order valence-electron chi connectivity index (χ1n) is 7.51. The summed E-state index contributed by atoms with van der Waals surface area (Å²) in [6, 6.07) is 11.6. The summed E-state index contributed by atoms with van der Waals surface area (Å²) in [5.74, 6) is 0.893. The molecule has 3 aromatic rings. The molecule has 1 N–H and O–H groups in total. The van der Waals surface area contributed by atoms with E-state index in [0.717, 1.165) is 30.6 Å². The number of fused-ring (bicyclic) bond motifs is 1. The number of nitrogens with zero attached hydrogens (tertiary/aromatic N) is 2. The van der Waals surface area contributed by atoms with Crippen LogP contribution in [0, 0.1) is 6.92 Å². The molecule has 0 aliphatic heterocycles. The summed E-state index contributed by atoms with van der Waals surface area (Å²) in [4.78, 5) is 0. The summed E-state index contributed by atoms with van der Waals surface area (Å²) in [6.45, 7) is 3.64. The van der Waals surface area contributed by atoms with E-state index in [0.29, 0.717) is 0 Å². The van der Waals surface area contributed by atoms with Crippen molar-refractivity contribution in [3.8, 4) is 0 Å². The predicted molar refractivity (Wildman–Crippen MR) is 82.1 cm³/mol. The summed E-state index contributed by atoms with van der Waals surface area (Å²) in [6.07, 6.45) is 4.77. The van der Waals surface area contributed by atoms with Crippen molar-refractivity contribution in [1.82, 2.24) is 15.0 Å².